The molecule has 3 heterocycles. The third-order valence-electron chi connectivity index (χ3n) is 4.38. The van der Waals surface area contributed by atoms with Gasteiger partial charge in [-0.05, 0) is 59.9 Å². The molecule has 0 radical (unpaired) electrons. The highest BCUT2D eigenvalue weighted by Gasteiger charge is 2.24. The topological polar surface area (TPSA) is 58.9 Å². The lowest BCUT2D eigenvalue weighted by Gasteiger charge is -2.26. The van der Waals surface area contributed by atoms with E-state index >= 15 is 0 Å². The Morgan fingerprint density at radius 1 is 1.08 bits per heavy atom. The molecule has 2 aromatic heterocycles. The van der Waals surface area contributed by atoms with E-state index in [0.717, 1.165) is 25.3 Å². The second-order valence-electron chi connectivity index (χ2n) is 5.91. The van der Waals surface area contributed by atoms with Crippen LogP contribution in [-0.2, 0) is 0 Å². The van der Waals surface area contributed by atoms with Crippen molar-refractivity contribution in [2.45, 2.75) is 18.9 Å². The number of likely N-dealkylation sites (tertiary alicyclic amines) is 1. The summed E-state index contributed by atoms with van der Waals surface area (Å²) in [4.78, 5) is 3.94. The van der Waals surface area contributed by atoms with E-state index in [9.17, 15) is 0 Å². The number of aromatic nitrogens is 4. The van der Waals surface area contributed by atoms with Gasteiger partial charge in [-0.3, -0.25) is 4.90 Å². The van der Waals surface area contributed by atoms with Gasteiger partial charge < -0.3 is 5.32 Å². The summed E-state index contributed by atoms with van der Waals surface area (Å²) in [6.07, 6.45) is 2.56. The summed E-state index contributed by atoms with van der Waals surface area (Å²) in [6.45, 7) is 3.12. The van der Waals surface area contributed by atoms with E-state index in [-0.39, 0.29) is 0 Å². The molecule has 124 valence electrons. The molecule has 6 nitrogen and oxygen atoms in total. The van der Waals surface area contributed by atoms with Gasteiger partial charge in [-0.2, -0.15) is 4.68 Å². The van der Waals surface area contributed by atoms with Gasteiger partial charge in [-0.15, -0.1) is 11.3 Å². The van der Waals surface area contributed by atoms with Gasteiger partial charge in [0, 0.05) is 11.4 Å². The van der Waals surface area contributed by atoms with Crippen LogP contribution in [0.2, 0.25) is 0 Å². The van der Waals surface area contributed by atoms with Crippen molar-refractivity contribution in [2.75, 3.05) is 25.0 Å². The Kier molecular flexibility index (Phi) is 4.53. The van der Waals surface area contributed by atoms with Crippen LogP contribution in [0.25, 0.3) is 5.69 Å². The Bertz CT molecular complexity index is 749. The zero-order valence-corrected chi connectivity index (χ0v) is 14.2. The molecule has 0 bridgehead atoms. The molecule has 1 N–H and O–H groups in total. The Morgan fingerprint density at radius 3 is 2.67 bits per heavy atom. The van der Waals surface area contributed by atoms with Gasteiger partial charge in [-0.25, -0.2) is 0 Å². The fourth-order valence-corrected chi connectivity index (χ4v) is 4.03. The first kappa shape index (κ1) is 15.3. The molecule has 0 aliphatic carbocycles. The molecule has 1 saturated heterocycles. The molecule has 1 aliphatic heterocycles. The van der Waals surface area contributed by atoms with Crippen LogP contribution in [0.3, 0.4) is 0 Å². The predicted molar refractivity (Wildman–Crippen MR) is 95.5 cm³/mol. The van der Waals surface area contributed by atoms with Crippen LogP contribution in [0, 0.1) is 0 Å². The number of hydrogen-bond donors (Lipinski definition) is 1. The molecule has 0 saturated carbocycles. The lowest BCUT2D eigenvalue weighted by molar-refractivity contribution is 0.259. The maximum Gasteiger partial charge on any atom is 0.247 e. The van der Waals surface area contributed by atoms with Crippen molar-refractivity contribution in [3.63, 3.8) is 0 Å². The second-order valence-corrected chi connectivity index (χ2v) is 6.88. The number of para-hydroxylation sites is 1. The summed E-state index contributed by atoms with van der Waals surface area (Å²) in [6, 6.07) is 14.7. The van der Waals surface area contributed by atoms with Gasteiger partial charge in [0.05, 0.1) is 11.7 Å². The minimum Gasteiger partial charge on any atom is -0.351 e. The van der Waals surface area contributed by atoms with Crippen LogP contribution >= 0.6 is 11.3 Å². The minimum absolute atomic E-state index is 0.369. The highest BCUT2D eigenvalue weighted by Crippen LogP contribution is 2.28. The van der Waals surface area contributed by atoms with E-state index in [1.165, 1.54) is 17.7 Å². The van der Waals surface area contributed by atoms with Crippen molar-refractivity contribution in [2.24, 2.45) is 0 Å². The number of benzene rings is 1. The SMILES string of the molecule is c1ccc(-n2nnnc2NCC(c2cccs2)N2CCCC2)cc1. The van der Waals surface area contributed by atoms with E-state index in [0.29, 0.717) is 12.0 Å². The molecule has 1 atom stereocenters. The number of hydrogen-bond acceptors (Lipinski definition) is 6. The highest BCUT2D eigenvalue weighted by atomic mass is 32.1. The van der Waals surface area contributed by atoms with Crippen molar-refractivity contribution in [1.29, 1.82) is 0 Å². The van der Waals surface area contributed by atoms with Crippen molar-refractivity contribution in [1.82, 2.24) is 25.1 Å². The van der Waals surface area contributed by atoms with E-state index in [1.807, 2.05) is 41.7 Å². The van der Waals surface area contributed by atoms with Crippen LogP contribution in [-0.4, -0.2) is 44.7 Å². The molecule has 1 aromatic carbocycles. The minimum atomic E-state index is 0.369. The largest absolute Gasteiger partial charge is 0.351 e. The average molecular weight is 340 g/mol. The standard InChI is InChI=1S/C17H20N6S/c1-2-7-14(8-3-1)23-17(19-20-21-23)18-13-15(16-9-6-12-24-16)22-10-4-5-11-22/h1-3,6-9,12,15H,4-5,10-11,13H2,(H,18,19,21). The Labute approximate surface area is 145 Å². The van der Waals surface area contributed by atoms with Crippen molar-refractivity contribution >= 4 is 17.3 Å². The fraction of sp³-hybridized carbons (Fsp3) is 0.353. The van der Waals surface area contributed by atoms with Crippen LogP contribution in [0.15, 0.2) is 47.8 Å². The predicted octanol–water partition coefficient (Wildman–Crippen LogP) is 2.97. The van der Waals surface area contributed by atoms with Gasteiger partial charge >= 0.3 is 0 Å². The number of nitrogens with one attached hydrogen (secondary N) is 1. The molecule has 24 heavy (non-hydrogen) atoms. The first-order valence-corrected chi connectivity index (χ1v) is 9.15. The van der Waals surface area contributed by atoms with Crippen molar-refractivity contribution < 1.29 is 0 Å². The van der Waals surface area contributed by atoms with Crippen LogP contribution < -0.4 is 5.32 Å². The third kappa shape index (κ3) is 3.18. The average Bonchev–Trinajstić information content (AvgIpc) is 3.39. The van der Waals surface area contributed by atoms with Gasteiger partial charge in [0.25, 0.3) is 0 Å². The first-order chi connectivity index (χ1) is 11.9. The van der Waals surface area contributed by atoms with Crippen LogP contribution in [0.4, 0.5) is 5.95 Å². The molecule has 3 aromatic rings. The number of rotatable bonds is 6. The molecule has 1 fully saturated rings. The molecule has 0 spiro atoms. The normalized spacial score (nSPS) is 16.3. The maximum absolute atomic E-state index is 4.15. The van der Waals surface area contributed by atoms with Gasteiger partial charge in [0.2, 0.25) is 5.95 Å². The smallest absolute Gasteiger partial charge is 0.247 e. The van der Waals surface area contributed by atoms with Crippen molar-refractivity contribution in [3.05, 3.63) is 52.7 Å². The zero-order valence-electron chi connectivity index (χ0n) is 13.4. The van der Waals surface area contributed by atoms with Gasteiger partial charge in [0.1, 0.15) is 0 Å². The van der Waals surface area contributed by atoms with E-state index in [2.05, 4.69) is 43.3 Å². The highest BCUT2D eigenvalue weighted by molar-refractivity contribution is 7.10. The molecule has 1 unspecified atom stereocenters. The Hall–Kier alpha value is -2.25. The van der Waals surface area contributed by atoms with E-state index in [1.54, 1.807) is 4.68 Å². The van der Waals surface area contributed by atoms with Gasteiger partial charge in [-0.1, -0.05) is 29.4 Å². The van der Waals surface area contributed by atoms with E-state index < -0.39 is 0 Å². The fourth-order valence-electron chi connectivity index (χ4n) is 3.17. The van der Waals surface area contributed by atoms with Crippen LogP contribution in [0.1, 0.15) is 23.8 Å². The number of thiophene rings is 1. The molecular weight excluding hydrogens is 320 g/mol. The summed E-state index contributed by atoms with van der Waals surface area (Å²) < 4.78 is 1.75. The molecule has 1 aliphatic rings. The quantitative estimate of drug-likeness (QED) is 0.747. The lowest BCUT2D eigenvalue weighted by Crippen LogP contribution is -2.31. The molecular formula is C17H20N6S. The van der Waals surface area contributed by atoms with Crippen molar-refractivity contribution in [3.8, 4) is 5.69 Å². The van der Waals surface area contributed by atoms with E-state index in [4.69, 9.17) is 0 Å². The first-order valence-electron chi connectivity index (χ1n) is 8.27. The number of anilines is 1. The number of tetrazole rings is 1. The summed E-state index contributed by atoms with van der Waals surface area (Å²) in [5, 5.41) is 17.7. The Balaban J connectivity index is 1.52. The molecule has 0 amide bonds. The van der Waals surface area contributed by atoms with Crippen LogP contribution in [0.5, 0.6) is 0 Å². The summed E-state index contributed by atoms with van der Waals surface area (Å²) in [5.41, 5.74) is 0.957. The number of nitrogens with zero attached hydrogens (tertiary/aromatic N) is 5. The Morgan fingerprint density at radius 2 is 1.92 bits per heavy atom. The molecule has 7 heteroatoms. The summed E-state index contributed by atoms with van der Waals surface area (Å²) in [5.74, 6) is 0.682. The summed E-state index contributed by atoms with van der Waals surface area (Å²) >= 11 is 1.82. The second kappa shape index (κ2) is 7.11. The summed E-state index contributed by atoms with van der Waals surface area (Å²) in [7, 11) is 0. The molecule has 4 rings (SSSR count). The third-order valence-corrected chi connectivity index (χ3v) is 5.35. The monoisotopic (exact) mass is 340 g/mol. The zero-order chi connectivity index (χ0) is 16.2. The maximum atomic E-state index is 4.15. The van der Waals surface area contributed by atoms with Gasteiger partial charge in [0.15, 0.2) is 0 Å². The lowest BCUT2D eigenvalue weighted by atomic mass is 10.2.